The van der Waals surface area contributed by atoms with Crippen LogP contribution < -0.4 is 20.5 Å². The second-order valence-electron chi connectivity index (χ2n) is 8.21. The van der Waals surface area contributed by atoms with E-state index >= 15 is 0 Å². The van der Waals surface area contributed by atoms with Crippen molar-refractivity contribution in [2.45, 2.75) is 19.4 Å². The molecule has 0 radical (unpaired) electrons. The number of nitrogens with one attached hydrogen (secondary N) is 2. The van der Waals surface area contributed by atoms with Gasteiger partial charge in [0.15, 0.2) is 0 Å². The number of piperazine rings is 1. The summed E-state index contributed by atoms with van der Waals surface area (Å²) in [5, 5.41) is 7.66. The van der Waals surface area contributed by atoms with Crippen LogP contribution in [0.25, 0.3) is 0 Å². The first-order valence-electron chi connectivity index (χ1n) is 10.4. The van der Waals surface area contributed by atoms with Gasteiger partial charge < -0.3 is 10.1 Å². The van der Waals surface area contributed by atoms with Gasteiger partial charge in [-0.1, -0.05) is 11.6 Å². The van der Waals surface area contributed by atoms with Gasteiger partial charge in [0, 0.05) is 45.0 Å². The van der Waals surface area contributed by atoms with Gasteiger partial charge in [-0.2, -0.15) is 0 Å². The Morgan fingerprint density at radius 3 is 2.97 bits per heavy atom. The fourth-order valence-corrected chi connectivity index (χ4v) is 4.63. The van der Waals surface area contributed by atoms with E-state index in [0.717, 1.165) is 40.4 Å². The number of carbonyl (C=O) groups is 1. The highest BCUT2D eigenvalue weighted by Gasteiger charge is 2.33. The number of benzene rings is 1. The number of carbonyl (C=O) groups excluding carboxylic acids is 1. The molecule has 1 amide bonds. The zero-order chi connectivity index (χ0) is 21.5. The monoisotopic (exact) mass is 506 g/mol. The lowest BCUT2D eigenvalue weighted by molar-refractivity contribution is -0.124. The third-order valence-electron chi connectivity index (χ3n) is 5.74. The normalized spacial score (nSPS) is 19.2. The van der Waals surface area contributed by atoms with E-state index in [-0.39, 0.29) is 5.91 Å². The molecule has 1 aliphatic carbocycles. The molecule has 3 aliphatic rings. The minimum atomic E-state index is 0.0241. The van der Waals surface area contributed by atoms with Gasteiger partial charge in [-0.15, -0.1) is 5.12 Å². The molecule has 2 aliphatic heterocycles. The number of hydrogen-bond donors (Lipinski definition) is 2. The number of hydrogen-bond acceptors (Lipinski definition) is 7. The molecule has 2 N–H and O–H groups in total. The lowest BCUT2D eigenvalue weighted by Gasteiger charge is -2.27. The number of halogens is 2. The number of nitrogens with zero attached hydrogens (tertiary/aromatic N) is 4. The van der Waals surface area contributed by atoms with Crippen LogP contribution in [0.4, 0.5) is 11.4 Å². The van der Waals surface area contributed by atoms with Gasteiger partial charge in [-0.25, -0.2) is 4.98 Å². The molecule has 1 saturated heterocycles. The van der Waals surface area contributed by atoms with Crippen LogP contribution in [0.5, 0.6) is 11.6 Å². The van der Waals surface area contributed by atoms with E-state index in [4.69, 9.17) is 16.3 Å². The molecule has 5 rings (SSSR count). The van der Waals surface area contributed by atoms with Crippen molar-refractivity contribution in [3.05, 3.63) is 39.5 Å². The van der Waals surface area contributed by atoms with Crippen molar-refractivity contribution in [1.82, 2.24) is 20.3 Å². The number of hydrazine groups is 2. The molecule has 1 aromatic carbocycles. The zero-order valence-electron chi connectivity index (χ0n) is 17.2. The maximum absolute atomic E-state index is 11.7. The molecule has 0 bridgehead atoms. The standard InChI is InChI=1S/C21H24BrClN6O2/c1-27-26-20-16(29(27)10-13-2-3-13)4-5-17(19(20)22)31-21-14(8-15(23)9-25-21)11-28-7-6-24-18(30)12-28/h4-5,8-9,13,26H,2-3,6-7,10-12H2,1H3,(H,24,30). The maximum Gasteiger partial charge on any atom is 0.234 e. The summed E-state index contributed by atoms with van der Waals surface area (Å²) in [5.74, 6) is 1.94. The van der Waals surface area contributed by atoms with Crippen molar-refractivity contribution in [3.63, 3.8) is 0 Å². The van der Waals surface area contributed by atoms with Crippen LogP contribution in [0.15, 0.2) is 28.9 Å². The van der Waals surface area contributed by atoms with E-state index in [0.29, 0.717) is 36.3 Å². The Kier molecular flexibility index (Phi) is 5.68. The third-order valence-corrected chi connectivity index (χ3v) is 6.73. The van der Waals surface area contributed by atoms with Crippen LogP contribution in [0, 0.1) is 5.92 Å². The second kappa shape index (κ2) is 8.46. The van der Waals surface area contributed by atoms with E-state index in [1.54, 1.807) is 6.20 Å². The van der Waals surface area contributed by atoms with Crippen molar-refractivity contribution >= 4 is 44.8 Å². The smallest absolute Gasteiger partial charge is 0.234 e. The largest absolute Gasteiger partial charge is 0.437 e. The second-order valence-corrected chi connectivity index (χ2v) is 9.44. The van der Waals surface area contributed by atoms with Crippen molar-refractivity contribution in [3.8, 4) is 11.6 Å². The fraction of sp³-hybridized carbons (Fsp3) is 0.429. The molecular formula is C21H24BrClN6O2. The lowest BCUT2D eigenvalue weighted by atomic mass is 10.2. The summed E-state index contributed by atoms with van der Waals surface area (Å²) in [6.07, 6.45) is 4.17. The molecule has 164 valence electrons. The first-order valence-corrected chi connectivity index (χ1v) is 11.6. The first-order chi connectivity index (χ1) is 15.0. The van der Waals surface area contributed by atoms with Crippen LogP contribution in [0.1, 0.15) is 18.4 Å². The van der Waals surface area contributed by atoms with E-state index in [9.17, 15) is 4.79 Å². The number of fused-ring (bicyclic) bond motifs is 1. The SMILES string of the molecule is CN1Nc2c(ccc(Oc3ncc(Cl)cc3CN3CCNC(=O)C3)c2Br)N1CC1CC1. The summed E-state index contributed by atoms with van der Waals surface area (Å²) in [4.78, 5) is 18.2. The summed E-state index contributed by atoms with van der Waals surface area (Å²) in [6.45, 7) is 3.30. The third kappa shape index (κ3) is 4.45. The van der Waals surface area contributed by atoms with Crippen LogP contribution in [0.2, 0.25) is 5.02 Å². The molecule has 8 nitrogen and oxygen atoms in total. The summed E-state index contributed by atoms with van der Waals surface area (Å²) in [6, 6.07) is 5.87. The molecule has 3 heterocycles. The lowest BCUT2D eigenvalue weighted by Crippen LogP contribution is -2.47. The molecule has 10 heteroatoms. The molecule has 2 aromatic rings. The average molecular weight is 508 g/mol. The molecule has 2 fully saturated rings. The molecule has 1 aromatic heterocycles. The van der Waals surface area contributed by atoms with Crippen LogP contribution in [-0.4, -0.2) is 54.1 Å². The van der Waals surface area contributed by atoms with Gasteiger partial charge in [-0.05, 0) is 52.9 Å². The van der Waals surface area contributed by atoms with E-state index in [2.05, 4.69) is 47.6 Å². The number of ether oxygens (including phenoxy) is 1. The summed E-state index contributed by atoms with van der Waals surface area (Å²) in [7, 11) is 2.02. The van der Waals surface area contributed by atoms with E-state index in [1.807, 2.05) is 24.3 Å². The molecule has 0 atom stereocenters. The molecule has 1 saturated carbocycles. The topological polar surface area (TPSA) is 73.0 Å². The molecule has 0 unspecified atom stereocenters. The Bertz CT molecular complexity index is 1020. The number of anilines is 2. The summed E-state index contributed by atoms with van der Waals surface area (Å²) in [5.41, 5.74) is 6.35. The summed E-state index contributed by atoms with van der Waals surface area (Å²) >= 11 is 9.92. The average Bonchev–Trinajstić information content (AvgIpc) is 3.50. The highest BCUT2D eigenvalue weighted by molar-refractivity contribution is 9.10. The Morgan fingerprint density at radius 2 is 2.19 bits per heavy atom. The molecule has 31 heavy (non-hydrogen) atoms. The zero-order valence-corrected chi connectivity index (χ0v) is 19.5. The van der Waals surface area contributed by atoms with Crippen LogP contribution >= 0.6 is 27.5 Å². The van der Waals surface area contributed by atoms with Crippen molar-refractivity contribution in [2.75, 3.05) is 43.7 Å². The molecule has 0 spiro atoms. The first kappa shape index (κ1) is 20.8. The number of rotatable bonds is 6. The van der Waals surface area contributed by atoms with Gasteiger partial charge in [0.1, 0.15) is 5.75 Å². The Balaban J connectivity index is 1.39. The quantitative estimate of drug-likeness (QED) is 0.619. The summed E-state index contributed by atoms with van der Waals surface area (Å²) < 4.78 is 7.07. The maximum atomic E-state index is 11.7. The van der Waals surface area contributed by atoms with Gasteiger partial charge in [0.2, 0.25) is 11.8 Å². The number of aromatic nitrogens is 1. The highest BCUT2D eigenvalue weighted by atomic mass is 79.9. The predicted octanol–water partition coefficient (Wildman–Crippen LogP) is 3.63. The highest BCUT2D eigenvalue weighted by Crippen LogP contribution is 2.46. The number of pyridine rings is 1. The Hall–Kier alpha value is -2.07. The molecular weight excluding hydrogens is 484 g/mol. The van der Waals surface area contributed by atoms with Crippen LogP contribution in [-0.2, 0) is 11.3 Å². The minimum absolute atomic E-state index is 0.0241. The van der Waals surface area contributed by atoms with E-state index < -0.39 is 0 Å². The van der Waals surface area contributed by atoms with E-state index in [1.165, 1.54) is 12.8 Å². The van der Waals surface area contributed by atoms with Crippen molar-refractivity contribution in [1.29, 1.82) is 0 Å². The Morgan fingerprint density at radius 1 is 1.35 bits per heavy atom. The van der Waals surface area contributed by atoms with Gasteiger partial charge in [-0.3, -0.25) is 20.1 Å². The van der Waals surface area contributed by atoms with Crippen molar-refractivity contribution < 1.29 is 9.53 Å². The minimum Gasteiger partial charge on any atom is -0.437 e. The fourth-order valence-electron chi connectivity index (χ4n) is 3.94. The Labute approximate surface area is 194 Å². The van der Waals surface area contributed by atoms with Gasteiger partial charge in [0.25, 0.3) is 0 Å². The van der Waals surface area contributed by atoms with Crippen LogP contribution in [0.3, 0.4) is 0 Å². The number of amides is 1. The predicted molar refractivity (Wildman–Crippen MR) is 123 cm³/mol. The van der Waals surface area contributed by atoms with Gasteiger partial charge in [0.05, 0.1) is 27.4 Å². The van der Waals surface area contributed by atoms with Crippen molar-refractivity contribution in [2.24, 2.45) is 5.92 Å². The van der Waals surface area contributed by atoms with Gasteiger partial charge >= 0.3 is 0 Å².